The van der Waals surface area contributed by atoms with Crippen molar-refractivity contribution in [1.29, 1.82) is 0 Å². The average Bonchev–Trinajstić information content (AvgIpc) is 2.30. The van der Waals surface area contributed by atoms with E-state index in [4.69, 9.17) is 5.73 Å². The van der Waals surface area contributed by atoms with Crippen molar-refractivity contribution in [3.63, 3.8) is 0 Å². The molecule has 19 heavy (non-hydrogen) atoms. The van der Waals surface area contributed by atoms with E-state index in [1.165, 1.54) is 11.4 Å². The van der Waals surface area contributed by atoms with Crippen LogP contribution in [0.2, 0.25) is 0 Å². The standard InChI is InChI=1S/C13H22N2O3S/c1-9-5-6-12(14)11(3)13(9)19(17,18)15(4)8-7-10(2)16/h5-6,10,16H,7-8,14H2,1-4H3. The lowest BCUT2D eigenvalue weighted by molar-refractivity contribution is 0.177. The number of rotatable bonds is 5. The summed E-state index contributed by atoms with van der Waals surface area (Å²) >= 11 is 0. The largest absolute Gasteiger partial charge is 0.398 e. The zero-order valence-corrected chi connectivity index (χ0v) is 12.7. The van der Waals surface area contributed by atoms with Gasteiger partial charge in [0.15, 0.2) is 0 Å². The van der Waals surface area contributed by atoms with Crippen LogP contribution in [0.1, 0.15) is 24.5 Å². The van der Waals surface area contributed by atoms with Crippen molar-refractivity contribution in [2.75, 3.05) is 19.3 Å². The molecular formula is C13H22N2O3S. The van der Waals surface area contributed by atoms with Gasteiger partial charge in [-0.1, -0.05) is 6.07 Å². The third-order valence-electron chi connectivity index (χ3n) is 3.17. The number of hydrogen-bond acceptors (Lipinski definition) is 4. The minimum absolute atomic E-state index is 0.264. The molecule has 1 atom stereocenters. The van der Waals surface area contributed by atoms with Crippen LogP contribution in [0.3, 0.4) is 0 Å². The second-order valence-corrected chi connectivity index (χ2v) is 6.87. The van der Waals surface area contributed by atoms with Gasteiger partial charge in [0.2, 0.25) is 10.0 Å². The molecule has 108 valence electrons. The Morgan fingerprint density at radius 2 is 1.95 bits per heavy atom. The van der Waals surface area contributed by atoms with Crippen LogP contribution < -0.4 is 5.73 Å². The van der Waals surface area contributed by atoms with Gasteiger partial charge in [0.25, 0.3) is 0 Å². The quantitative estimate of drug-likeness (QED) is 0.799. The average molecular weight is 286 g/mol. The van der Waals surface area contributed by atoms with Gasteiger partial charge >= 0.3 is 0 Å². The number of benzene rings is 1. The van der Waals surface area contributed by atoms with E-state index in [1.807, 2.05) is 0 Å². The molecule has 5 nitrogen and oxygen atoms in total. The summed E-state index contributed by atoms with van der Waals surface area (Å²) in [6.07, 6.45) is -0.128. The molecule has 3 N–H and O–H groups in total. The van der Waals surface area contributed by atoms with Crippen molar-refractivity contribution < 1.29 is 13.5 Å². The molecule has 0 aliphatic heterocycles. The lowest BCUT2D eigenvalue weighted by Gasteiger charge is -2.21. The molecule has 0 radical (unpaired) electrons. The van der Waals surface area contributed by atoms with E-state index in [0.717, 1.165) is 0 Å². The number of aryl methyl sites for hydroxylation is 1. The van der Waals surface area contributed by atoms with Gasteiger partial charge in [0.05, 0.1) is 11.0 Å². The lowest BCUT2D eigenvalue weighted by Crippen LogP contribution is -2.30. The molecule has 1 aromatic rings. The fourth-order valence-corrected chi connectivity index (χ4v) is 3.52. The fraction of sp³-hybridized carbons (Fsp3) is 0.538. The Morgan fingerprint density at radius 1 is 1.37 bits per heavy atom. The second-order valence-electron chi connectivity index (χ2n) is 4.89. The zero-order chi connectivity index (χ0) is 14.8. The Bertz CT molecular complexity index is 553. The van der Waals surface area contributed by atoms with Crippen LogP contribution in [-0.4, -0.2) is 37.5 Å². The molecule has 1 unspecified atom stereocenters. The molecule has 0 amide bonds. The number of anilines is 1. The third-order valence-corrected chi connectivity index (χ3v) is 5.32. The van der Waals surface area contributed by atoms with Gasteiger partial charge in [-0.25, -0.2) is 12.7 Å². The first-order valence-electron chi connectivity index (χ1n) is 6.18. The smallest absolute Gasteiger partial charge is 0.243 e. The fourth-order valence-electron chi connectivity index (χ4n) is 1.88. The highest BCUT2D eigenvalue weighted by atomic mass is 32.2. The van der Waals surface area contributed by atoms with E-state index in [-0.39, 0.29) is 11.4 Å². The summed E-state index contributed by atoms with van der Waals surface area (Å²) in [5.41, 5.74) is 7.50. The number of aliphatic hydroxyl groups excluding tert-OH is 1. The zero-order valence-electron chi connectivity index (χ0n) is 11.8. The van der Waals surface area contributed by atoms with Crippen molar-refractivity contribution in [2.45, 2.75) is 38.2 Å². The van der Waals surface area contributed by atoms with Crippen LogP contribution in [0.25, 0.3) is 0 Å². The highest BCUT2D eigenvalue weighted by Gasteiger charge is 2.25. The van der Waals surface area contributed by atoms with Crippen LogP contribution in [-0.2, 0) is 10.0 Å². The van der Waals surface area contributed by atoms with Crippen LogP contribution in [0.15, 0.2) is 17.0 Å². The minimum atomic E-state index is -3.58. The van der Waals surface area contributed by atoms with Crippen LogP contribution in [0, 0.1) is 13.8 Å². The summed E-state index contributed by atoms with van der Waals surface area (Å²) in [4.78, 5) is 0.264. The molecule has 0 spiro atoms. The Morgan fingerprint density at radius 3 is 2.47 bits per heavy atom. The molecular weight excluding hydrogens is 264 g/mol. The van der Waals surface area contributed by atoms with Crippen LogP contribution >= 0.6 is 0 Å². The maximum absolute atomic E-state index is 12.5. The van der Waals surface area contributed by atoms with Gasteiger partial charge in [-0.15, -0.1) is 0 Å². The minimum Gasteiger partial charge on any atom is -0.398 e. The highest BCUT2D eigenvalue weighted by Crippen LogP contribution is 2.27. The van der Waals surface area contributed by atoms with Gasteiger partial charge in [-0.3, -0.25) is 0 Å². The van der Waals surface area contributed by atoms with Gasteiger partial charge in [-0.05, 0) is 44.4 Å². The van der Waals surface area contributed by atoms with Crippen molar-refractivity contribution in [3.8, 4) is 0 Å². The van der Waals surface area contributed by atoms with Gasteiger partial charge in [0.1, 0.15) is 0 Å². The number of aliphatic hydroxyl groups is 1. The Balaban J connectivity index is 3.17. The molecule has 6 heteroatoms. The maximum atomic E-state index is 12.5. The molecule has 0 bridgehead atoms. The summed E-state index contributed by atoms with van der Waals surface area (Å²) in [5, 5.41) is 9.25. The highest BCUT2D eigenvalue weighted by molar-refractivity contribution is 7.89. The summed E-state index contributed by atoms with van der Waals surface area (Å²) in [6.45, 7) is 5.37. The van der Waals surface area contributed by atoms with Crippen molar-refractivity contribution in [2.24, 2.45) is 0 Å². The monoisotopic (exact) mass is 286 g/mol. The van der Waals surface area contributed by atoms with E-state index in [1.54, 1.807) is 32.9 Å². The Labute approximate surface area is 115 Å². The molecule has 0 saturated heterocycles. The molecule has 0 aliphatic carbocycles. The number of sulfonamides is 1. The summed E-state index contributed by atoms with van der Waals surface area (Å²) < 4.78 is 26.3. The van der Waals surface area contributed by atoms with Gasteiger partial charge in [0, 0.05) is 19.3 Å². The van der Waals surface area contributed by atoms with Crippen LogP contribution in [0.4, 0.5) is 5.69 Å². The predicted octanol–water partition coefficient (Wildman–Crippen LogP) is 1.28. The normalized spacial score (nSPS) is 13.8. The van der Waals surface area contributed by atoms with E-state index < -0.39 is 16.1 Å². The third kappa shape index (κ3) is 3.46. The first-order chi connectivity index (χ1) is 8.67. The van der Waals surface area contributed by atoms with Crippen molar-refractivity contribution >= 4 is 15.7 Å². The van der Waals surface area contributed by atoms with E-state index in [0.29, 0.717) is 23.2 Å². The molecule has 0 heterocycles. The summed E-state index contributed by atoms with van der Waals surface area (Å²) in [6, 6.07) is 3.41. The molecule has 0 saturated carbocycles. The van der Waals surface area contributed by atoms with Crippen LogP contribution in [0.5, 0.6) is 0 Å². The van der Waals surface area contributed by atoms with E-state index >= 15 is 0 Å². The number of hydrogen-bond donors (Lipinski definition) is 2. The van der Waals surface area contributed by atoms with Gasteiger partial charge in [-0.2, -0.15) is 0 Å². The number of nitrogens with zero attached hydrogens (tertiary/aromatic N) is 1. The van der Waals surface area contributed by atoms with Crippen molar-refractivity contribution in [3.05, 3.63) is 23.3 Å². The van der Waals surface area contributed by atoms with Gasteiger partial charge < -0.3 is 10.8 Å². The summed E-state index contributed by atoms with van der Waals surface area (Å²) in [7, 11) is -2.06. The van der Waals surface area contributed by atoms with Crippen molar-refractivity contribution in [1.82, 2.24) is 4.31 Å². The molecule has 0 aliphatic rings. The maximum Gasteiger partial charge on any atom is 0.243 e. The lowest BCUT2D eigenvalue weighted by atomic mass is 10.1. The SMILES string of the molecule is Cc1ccc(N)c(C)c1S(=O)(=O)N(C)CCC(C)O. The molecule has 1 aromatic carbocycles. The first-order valence-corrected chi connectivity index (χ1v) is 7.62. The van der Waals surface area contributed by atoms with E-state index in [9.17, 15) is 13.5 Å². The Kier molecular flexibility index (Phi) is 4.95. The topological polar surface area (TPSA) is 83.6 Å². The molecule has 0 aromatic heterocycles. The predicted molar refractivity (Wildman–Crippen MR) is 76.4 cm³/mol. The summed E-state index contributed by atoms with van der Waals surface area (Å²) in [5.74, 6) is 0. The second kappa shape index (κ2) is 5.90. The molecule has 1 rings (SSSR count). The number of nitrogens with two attached hydrogens (primary N) is 1. The first kappa shape index (κ1) is 15.9. The van der Waals surface area contributed by atoms with E-state index in [2.05, 4.69) is 0 Å². The Hall–Kier alpha value is -1.11. The number of nitrogen functional groups attached to an aromatic ring is 1. The molecule has 0 fully saturated rings.